The fraction of sp³-hybridized carbons (Fsp3) is 0.273. The Labute approximate surface area is 132 Å². The van der Waals surface area contributed by atoms with Gasteiger partial charge < -0.3 is 4.42 Å². The fourth-order valence-electron chi connectivity index (χ4n) is 1.48. The molecule has 11 heteroatoms. The minimum atomic E-state index is -3.64. The Kier molecular flexibility index (Phi) is 4.85. The average molecular weight is 366 g/mol. The van der Waals surface area contributed by atoms with Gasteiger partial charge in [-0.25, -0.2) is 21.6 Å². The van der Waals surface area contributed by atoms with Crippen molar-refractivity contribution in [2.45, 2.75) is 17.5 Å². The molecule has 0 spiro atoms. The summed E-state index contributed by atoms with van der Waals surface area (Å²) in [4.78, 5) is 0. The molecule has 8 nitrogen and oxygen atoms in total. The van der Waals surface area contributed by atoms with E-state index < -0.39 is 25.1 Å². The smallest absolute Gasteiger partial charge is 0.335 e. The van der Waals surface area contributed by atoms with E-state index in [1.807, 2.05) is 0 Å². The van der Waals surface area contributed by atoms with E-state index >= 15 is 0 Å². The third-order valence-electron chi connectivity index (χ3n) is 2.48. The van der Waals surface area contributed by atoms with E-state index in [-0.39, 0.29) is 18.2 Å². The van der Waals surface area contributed by atoms with Crippen LogP contribution in [0, 0.1) is 0 Å². The standard InChI is InChI=1S/C11H12ClN3O5S2/c1-21(16,17)11-15-14-10(20-11)6-13-22(18,19)7-8-2-4-9(12)5-3-8/h2-5,13H,6-7H2,1H3. The van der Waals surface area contributed by atoms with E-state index in [0.29, 0.717) is 10.6 Å². The van der Waals surface area contributed by atoms with Crippen LogP contribution in [0.3, 0.4) is 0 Å². The van der Waals surface area contributed by atoms with Crippen LogP contribution in [0.25, 0.3) is 0 Å². The van der Waals surface area contributed by atoms with Gasteiger partial charge in [-0.3, -0.25) is 0 Å². The maximum atomic E-state index is 11.9. The van der Waals surface area contributed by atoms with Crippen molar-refractivity contribution in [3.8, 4) is 0 Å². The predicted octanol–water partition coefficient (Wildman–Crippen LogP) is 0.746. The molecule has 0 saturated carbocycles. The summed E-state index contributed by atoms with van der Waals surface area (Å²) in [6, 6.07) is 6.36. The SMILES string of the molecule is CS(=O)(=O)c1nnc(CNS(=O)(=O)Cc2ccc(Cl)cc2)o1. The highest BCUT2D eigenvalue weighted by Crippen LogP contribution is 2.12. The molecular formula is C11H12ClN3O5S2. The molecule has 2 aromatic rings. The molecule has 1 aromatic heterocycles. The van der Waals surface area contributed by atoms with Crippen LogP contribution >= 0.6 is 11.6 Å². The minimum absolute atomic E-state index is 0.139. The van der Waals surface area contributed by atoms with Crippen molar-refractivity contribution in [2.75, 3.05) is 6.26 Å². The number of nitrogens with one attached hydrogen (secondary N) is 1. The predicted molar refractivity (Wildman–Crippen MR) is 78.3 cm³/mol. The largest absolute Gasteiger partial charge is 0.411 e. The van der Waals surface area contributed by atoms with Crippen molar-refractivity contribution in [3.63, 3.8) is 0 Å². The monoisotopic (exact) mass is 365 g/mol. The second-order valence-electron chi connectivity index (χ2n) is 4.44. The molecule has 0 aliphatic heterocycles. The molecule has 1 aromatic carbocycles. The highest BCUT2D eigenvalue weighted by Gasteiger charge is 2.18. The van der Waals surface area contributed by atoms with Gasteiger partial charge in [-0.2, -0.15) is 0 Å². The van der Waals surface area contributed by atoms with Crippen molar-refractivity contribution < 1.29 is 21.3 Å². The lowest BCUT2D eigenvalue weighted by Crippen LogP contribution is -2.24. The molecule has 2 rings (SSSR count). The first kappa shape index (κ1) is 16.9. The Morgan fingerprint density at radius 2 is 1.77 bits per heavy atom. The molecule has 0 atom stereocenters. The lowest BCUT2D eigenvalue weighted by atomic mass is 10.2. The summed E-state index contributed by atoms with van der Waals surface area (Å²) >= 11 is 5.72. The number of rotatable bonds is 6. The molecule has 1 N–H and O–H groups in total. The number of sulfonamides is 1. The summed E-state index contributed by atoms with van der Waals surface area (Å²) in [6.45, 7) is -0.293. The minimum Gasteiger partial charge on any atom is -0.411 e. The lowest BCUT2D eigenvalue weighted by Gasteiger charge is -2.04. The Hall–Kier alpha value is -1.49. The topological polar surface area (TPSA) is 119 Å². The van der Waals surface area contributed by atoms with Gasteiger partial charge in [0, 0.05) is 11.3 Å². The van der Waals surface area contributed by atoms with Crippen molar-refractivity contribution in [1.82, 2.24) is 14.9 Å². The first-order valence-electron chi connectivity index (χ1n) is 5.90. The quantitative estimate of drug-likeness (QED) is 0.801. The van der Waals surface area contributed by atoms with E-state index in [1.54, 1.807) is 24.3 Å². The Bertz CT molecular complexity index is 859. The molecule has 22 heavy (non-hydrogen) atoms. The maximum absolute atomic E-state index is 11.9. The molecular weight excluding hydrogens is 354 g/mol. The summed E-state index contributed by atoms with van der Waals surface area (Å²) < 4.78 is 53.3. The van der Waals surface area contributed by atoms with Crippen molar-refractivity contribution in [2.24, 2.45) is 0 Å². The number of halogens is 1. The number of hydrogen-bond donors (Lipinski definition) is 1. The third kappa shape index (κ3) is 4.77. The average Bonchev–Trinajstić information content (AvgIpc) is 2.88. The number of aromatic nitrogens is 2. The van der Waals surface area contributed by atoms with Crippen LogP contribution < -0.4 is 4.72 Å². The molecule has 0 amide bonds. The summed E-state index contributed by atoms with van der Waals surface area (Å²) in [6.07, 6.45) is 0.912. The third-order valence-corrected chi connectivity index (χ3v) is 4.83. The molecule has 0 bridgehead atoms. The van der Waals surface area contributed by atoms with Crippen LogP contribution in [0.1, 0.15) is 11.5 Å². The second-order valence-corrected chi connectivity index (χ2v) is 8.58. The highest BCUT2D eigenvalue weighted by molar-refractivity contribution is 7.90. The van der Waals surface area contributed by atoms with Gasteiger partial charge in [0.05, 0.1) is 12.3 Å². The summed E-state index contributed by atoms with van der Waals surface area (Å²) in [5.74, 6) is -0.392. The Morgan fingerprint density at radius 1 is 1.14 bits per heavy atom. The van der Waals surface area contributed by atoms with Crippen molar-refractivity contribution in [3.05, 3.63) is 40.7 Å². The zero-order valence-corrected chi connectivity index (χ0v) is 13.7. The van der Waals surface area contributed by atoms with E-state index in [9.17, 15) is 16.8 Å². The highest BCUT2D eigenvalue weighted by atomic mass is 35.5. The van der Waals surface area contributed by atoms with Crippen LogP contribution in [-0.2, 0) is 32.2 Å². The number of hydrogen-bond acceptors (Lipinski definition) is 7. The first-order valence-corrected chi connectivity index (χ1v) is 9.82. The summed E-state index contributed by atoms with van der Waals surface area (Å²) in [5.41, 5.74) is 0.555. The van der Waals surface area contributed by atoms with E-state index in [1.165, 1.54) is 0 Å². The Morgan fingerprint density at radius 3 is 2.32 bits per heavy atom. The van der Waals surface area contributed by atoms with E-state index in [4.69, 9.17) is 16.0 Å². The van der Waals surface area contributed by atoms with Crippen molar-refractivity contribution in [1.29, 1.82) is 0 Å². The zero-order chi connectivity index (χ0) is 16.4. The zero-order valence-electron chi connectivity index (χ0n) is 11.4. The molecule has 0 saturated heterocycles. The maximum Gasteiger partial charge on any atom is 0.335 e. The molecule has 0 aliphatic rings. The van der Waals surface area contributed by atoms with Crippen LogP contribution in [0.15, 0.2) is 33.9 Å². The molecule has 0 radical (unpaired) electrons. The number of nitrogens with zero attached hydrogens (tertiary/aromatic N) is 2. The van der Waals surface area contributed by atoms with Gasteiger partial charge in [0.1, 0.15) is 0 Å². The number of sulfone groups is 1. The fourth-order valence-corrected chi connectivity index (χ4v) is 3.12. The van der Waals surface area contributed by atoms with E-state index in [0.717, 1.165) is 6.26 Å². The van der Waals surface area contributed by atoms with Gasteiger partial charge in [0.2, 0.25) is 25.8 Å². The van der Waals surface area contributed by atoms with Crippen molar-refractivity contribution >= 4 is 31.5 Å². The van der Waals surface area contributed by atoms with Crippen LogP contribution in [0.4, 0.5) is 0 Å². The second kappa shape index (κ2) is 6.32. The summed E-state index contributed by atoms with van der Waals surface area (Å²) in [5, 5.41) is 6.74. The first-order chi connectivity index (χ1) is 10.2. The van der Waals surface area contributed by atoms with Gasteiger partial charge in [-0.1, -0.05) is 28.8 Å². The molecule has 0 unspecified atom stereocenters. The van der Waals surface area contributed by atoms with Gasteiger partial charge in [0.15, 0.2) is 0 Å². The van der Waals surface area contributed by atoms with E-state index in [2.05, 4.69) is 14.9 Å². The Balaban J connectivity index is 2.00. The molecule has 0 fully saturated rings. The van der Waals surface area contributed by atoms with Gasteiger partial charge in [-0.15, -0.1) is 5.10 Å². The van der Waals surface area contributed by atoms with Gasteiger partial charge in [0.25, 0.3) is 0 Å². The number of benzene rings is 1. The normalized spacial score (nSPS) is 12.5. The molecule has 1 heterocycles. The van der Waals surface area contributed by atoms with Crippen LogP contribution in [0.2, 0.25) is 5.02 Å². The lowest BCUT2D eigenvalue weighted by molar-refractivity contribution is 0.394. The van der Waals surface area contributed by atoms with Crippen LogP contribution in [-0.4, -0.2) is 33.3 Å². The molecule has 120 valence electrons. The van der Waals surface area contributed by atoms with Gasteiger partial charge >= 0.3 is 5.22 Å². The van der Waals surface area contributed by atoms with Crippen LogP contribution in [0.5, 0.6) is 0 Å². The summed E-state index contributed by atoms with van der Waals surface area (Å²) in [7, 11) is -7.26. The van der Waals surface area contributed by atoms with Gasteiger partial charge in [-0.05, 0) is 17.7 Å². The molecule has 0 aliphatic carbocycles.